The summed E-state index contributed by atoms with van der Waals surface area (Å²) in [5.74, 6) is -0.245. The highest BCUT2D eigenvalue weighted by Gasteiger charge is 2.49. The first-order valence-corrected chi connectivity index (χ1v) is 15.0. The SMILES string of the molecule is C=CCN(C(=O)NCc1ccc(C(F)(F)F)cc1)C1CCN(C[C@H]2CN(C(=O)OC(C)(C)C)C[C@]2(O)c2ccccc2)CC1. The van der Waals surface area contributed by atoms with Crippen molar-refractivity contribution in [2.24, 2.45) is 5.92 Å². The van der Waals surface area contributed by atoms with Gasteiger partial charge in [0.15, 0.2) is 0 Å². The van der Waals surface area contributed by atoms with Gasteiger partial charge in [-0.15, -0.1) is 6.58 Å². The van der Waals surface area contributed by atoms with Crippen LogP contribution in [-0.4, -0.2) is 82.8 Å². The number of amides is 3. The minimum atomic E-state index is -4.41. The van der Waals surface area contributed by atoms with Crippen LogP contribution in [0.3, 0.4) is 0 Å². The predicted molar refractivity (Wildman–Crippen MR) is 162 cm³/mol. The lowest BCUT2D eigenvalue weighted by Gasteiger charge is -2.40. The first-order chi connectivity index (χ1) is 20.7. The van der Waals surface area contributed by atoms with E-state index < -0.39 is 29.0 Å². The second-order valence-corrected chi connectivity index (χ2v) is 12.7. The molecule has 2 heterocycles. The number of urea groups is 1. The molecular weight excluding hydrogens is 573 g/mol. The fraction of sp³-hybridized carbons (Fsp3) is 0.515. The van der Waals surface area contributed by atoms with E-state index in [9.17, 15) is 27.9 Å². The van der Waals surface area contributed by atoms with Crippen molar-refractivity contribution < 1.29 is 32.6 Å². The van der Waals surface area contributed by atoms with Crippen molar-refractivity contribution >= 4 is 12.1 Å². The van der Waals surface area contributed by atoms with E-state index in [0.717, 1.165) is 17.7 Å². The van der Waals surface area contributed by atoms with Crippen LogP contribution in [0.15, 0.2) is 67.3 Å². The maximum absolute atomic E-state index is 13.1. The van der Waals surface area contributed by atoms with Gasteiger partial charge in [-0.1, -0.05) is 48.5 Å². The van der Waals surface area contributed by atoms with E-state index in [0.29, 0.717) is 51.1 Å². The number of nitrogens with zero attached hydrogens (tertiary/aromatic N) is 3. The van der Waals surface area contributed by atoms with E-state index in [1.165, 1.54) is 12.1 Å². The normalized spacial score (nSPS) is 21.6. The van der Waals surface area contributed by atoms with Crippen molar-refractivity contribution in [3.63, 3.8) is 0 Å². The summed E-state index contributed by atoms with van der Waals surface area (Å²) < 4.78 is 44.2. The van der Waals surface area contributed by atoms with Crippen molar-refractivity contribution in [2.75, 3.05) is 39.3 Å². The summed E-state index contributed by atoms with van der Waals surface area (Å²) in [5.41, 5.74) is -1.29. The maximum atomic E-state index is 13.1. The Morgan fingerprint density at radius 1 is 1.09 bits per heavy atom. The van der Waals surface area contributed by atoms with E-state index in [4.69, 9.17) is 4.74 Å². The summed E-state index contributed by atoms with van der Waals surface area (Å²) in [4.78, 5) is 31.6. The Morgan fingerprint density at radius 2 is 1.73 bits per heavy atom. The van der Waals surface area contributed by atoms with Crippen molar-refractivity contribution in [1.82, 2.24) is 20.0 Å². The van der Waals surface area contributed by atoms with Gasteiger partial charge in [0.2, 0.25) is 0 Å². The number of benzene rings is 2. The van der Waals surface area contributed by atoms with E-state index in [-0.39, 0.29) is 31.1 Å². The number of carbonyl (C=O) groups is 2. The van der Waals surface area contributed by atoms with Crippen LogP contribution in [0.5, 0.6) is 0 Å². The molecule has 2 aromatic carbocycles. The topological polar surface area (TPSA) is 85.4 Å². The van der Waals surface area contributed by atoms with Crippen molar-refractivity contribution in [1.29, 1.82) is 0 Å². The number of carbonyl (C=O) groups excluding carboxylic acids is 2. The van der Waals surface area contributed by atoms with Crippen LogP contribution in [0.2, 0.25) is 0 Å². The number of hydrogen-bond acceptors (Lipinski definition) is 5. The first-order valence-electron chi connectivity index (χ1n) is 15.0. The number of ether oxygens (including phenoxy) is 1. The molecule has 0 spiro atoms. The lowest BCUT2D eigenvalue weighted by molar-refractivity contribution is -0.137. The third-order valence-electron chi connectivity index (χ3n) is 8.26. The molecule has 0 aromatic heterocycles. The minimum absolute atomic E-state index is 0.0493. The lowest BCUT2D eigenvalue weighted by Crippen LogP contribution is -2.52. The van der Waals surface area contributed by atoms with Crippen LogP contribution in [0.1, 0.15) is 50.3 Å². The molecule has 2 saturated heterocycles. The molecular formula is C33H43F3N4O4. The van der Waals surface area contributed by atoms with Gasteiger partial charge < -0.3 is 29.9 Å². The molecule has 2 atom stereocenters. The summed E-state index contributed by atoms with van der Waals surface area (Å²) >= 11 is 0. The molecule has 240 valence electrons. The fourth-order valence-corrected chi connectivity index (χ4v) is 5.98. The molecule has 8 nitrogen and oxygen atoms in total. The number of nitrogens with one attached hydrogen (secondary N) is 1. The highest BCUT2D eigenvalue weighted by atomic mass is 19.4. The summed E-state index contributed by atoms with van der Waals surface area (Å²) in [6.07, 6.45) is -1.79. The van der Waals surface area contributed by atoms with E-state index in [1.54, 1.807) is 15.9 Å². The molecule has 0 radical (unpaired) electrons. The van der Waals surface area contributed by atoms with E-state index in [1.807, 2.05) is 51.1 Å². The Labute approximate surface area is 257 Å². The van der Waals surface area contributed by atoms with Gasteiger partial charge >= 0.3 is 18.3 Å². The fourth-order valence-electron chi connectivity index (χ4n) is 5.98. The Morgan fingerprint density at radius 3 is 2.30 bits per heavy atom. The molecule has 2 aromatic rings. The quantitative estimate of drug-likeness (QED) is 0.376. The van der Waals surface area contributed by atoms with Crippen LogP contribution in [0.25, 0.3) is 0 Å². The van der Waals surface area contributed by atoms with Gasteiger partial charge in [0.05, 0.1) is 12.1 Å². The molecule has 0 unspecified atom stereocenters. The lowest BCUT2D eigenvalue weighted by atomic mass is 9.83. The summed E-state index contributed by atoms with van der Waals surface area (Å²) in [6, 6.07) is 13.8. The third kappa shape index (κ3) is 8.32. The third-order valence-corrected chi connectivity index (χ3v) is 8.26. The summed E-state index contributed by atoms with van der Waals surface area (Å²) in [5, 5.41) is 14.8. The van der Waals surface area contributed by atoms with Gasteiger partial charge in [0.1, 0.15) is 11.2 Å². The molecule has 2 aliphatic heterocycles. The number of likely N-dealkylation sites (tertiary alicyclic amines) is 2. The zero-order valence-electron chi connectivity index (χ0n) is 25.6. The average molecular weight is 617 g/mol. The molecule has 0 aliphatic carbocycles. The van der Waals surface area contributed by atoms with Gasteiger partial charge in [-0.25, -0.2) is 9.59 Å². The number of aliphatic hydroxyl groups is 1. The van der Waals surface area contributed by atoms with Crippen LogP contribution < -0.4 is 5.32 Å². The van der Waals surface area contributed by atoms with Crippen molar-refractivity contribution in [3.8, 4) is 0 Å². The van der Waals surface area contributed by atoms with Crippen molar-refractivity contribution in [3.05, 3.63) is 83.9 Å². The smallest absolute Gasteiger partial charge is 0.416 e. The Bertz CT molecular complexity index is 1270. The number of rotatable bonds is 8. The molecule has 3 amide bonds. The van der Waals surface area contributed by atoms with Crippen LogP contribution in [0, 0.1) is 5.92 Å². The maximum Gasteiger partial charge on any atom is 0.416 e. The average Bonchev–Trinajstić information content (AvgIpc) is 3.31. The summed E-state index contributed by atoms with van der Waals surface area (Å²) in [6.45, 7) is 12.1. The molecule has 2 aliphatic rings. The monoisotopic (exact) mass is 616 g/mol. The number of alkyl halides is 3. The largest absolute Gasteiger partial charge is 0.444 e. The Balaban J connectivity index is 1.36. The molecule has 2 N–H and O–H groups in total. The van der Waals surface area contributed by atoms with Crippen molar-refractivity contribution in [2.45, 2.75) is 63.6 Å². The number of halogens is 3. The van der Waals surface area contributed by atoms with Crippen LogP contribution in [0.4, 0.5) is 22.8 Å². The van der Waals surface area contributed by atoms with Crippen LogP contribution in [-0.2, 0) is 23.1 Å². The van der Waals surface area contributed by atoms with Crippen LogP contribution >= 0.6 is 0 Å². The van der Waals surface area contributed by atoms with Gasteiger partial charge in [0.25, 0.3) is 0 Å². The minimum Gasteiger partial charge on any atom is -0.444 e. The van der Waals surface area contributed by atoms with E-state index in [2.05, 4.69) is 16.8 Å². The van der Waals surface area contributed by atoms with E-state index >= 15 is 0 Å². The zero-order valence-corrected chi connectivity index (χ0v) is 25.6. The van der Waals surface area contributed by atoms with Gasteiger partial charge in [-0.2, -0.15) is 13.2 Å². The first kappa shape index (κ1) is 33.3. The number of β-amino-alcohol motifs (C(OH)–C–C–N with tert-alkyl or cyclic N) is 1. The molecule has 2 fully saturated rings. The summed E-state index contributed by atoms with van der Waals surface area (Å²) in [7, 11) is 0. The second kappa shape index (κ2) is 13.6. The second-order valence-electron chi connectivity index (χ2n) is 12.7. The Hall–Kier alpha value is -3.57. The molecule has 4 rings (SSSR count). The molecule has 0 bridgehead atoms. The number of piperidine rings is 1. The standard InChI is InChI=1S/C33H43F3N4O4/c1-5-17-40(29(41)37-20-24-11-13-26(14-12-24)33(34,35)36)28-15-18-38(19-16-28)21-27-22-39(30(42)44-31(2,3)4)23-32(27,43)25-9-7-6-8-10-25/h5-14,27-28,43H,1,15-23H2,2-4H3,(H,37,41)/t27-,32-/m0/s1. The number of hydrogen-bond donors (Lipinski definition) is 2. The highest BCUT2D eigenvalue weighted by molar-refractivity contribution is 5.74. The predicted octanol–water partition coefficient (Wildman–Crippen LogP) is 5.62. The molecule has 0 saturated carbocycles. The van der Waals surface area contributed by atoms with Gasteiger partial charge in [0, 0.05) is 51.2 Å². The highest BCUT2D eigenvalue weighted by Crippen LogP contribution is 2.38. The van der Waals surface area contributed by atoms with Gasteiger partial charge in [-0.05, 0) is 56.9 Å². The zero-order chi connectivity index (χ0) is 32.1. The molecule has 44 heavy (non-hydrogen) atoms. The molecule has 11 heteroatoms. The Kier molecular flexibility index (Phi) is 10.3. The van der Waals surface area contributed by atoms with Gasteiger partial charge in [-0.3, -0.25) is 0 Å².